The average molecular weight is 251 g/mol. The van der Waals surface area contributed by atoms with E-state index in [2.05, 4.69) is 6.92 Å². The molecule has 2 rings (SSSR count). The van der Waals surface area contributed by atoms with Gasteiger partial charge in [-0.05, 0) is 30.7 Å². The minimum atomic E-state index is -0.250. The highest BCUT2D eigenvalue weighted by Gasteiger charge is 2.26. The molecule has 2 N–H and O–H groups in total. The van der Waals surface area contributed by atoms with E-state index in [-0.39, 0.29) is 11.9 Å². The van der Waals surface area contributed by atoms with E-state index in [1.54, 1.807) is 12.1 Å². The van der Waals surface area contributed by atoms with Gasteiger partial charge in [0.1, 0.15) is 11.6 Å². The molecular weight excluding hydrogens is 229 g/mol. The van der Waals surface area contributed by atoms with Crippen molar-refractivity contribution < 1.29 is 9.13 Å². The third-order valence-corrected chi connectivity index (χ3v) is 4.14. The summed E-state index contributed by atoms with van der Waals surface area (Å²) >= 11 is 0. The SMILES string of the molecule is COc1ccc(C(N)C2CCC(C)CC2)c(F)c1. The van der Waals surface area contributed by atoms with Crippen molar-refractivity contribution in [3.05, 3.63) is 29.6 Å². The van der Waals surface area contributed by atoms with Gasteiger partial charge >= 0.3 is 0 Å². The van der Waals surface area contributed by atoms with Crippen LogP contribution in [0, 0.1) is 17.7 Å². The topological polar surface area (TPSA) is 35.2 Å². The monoisotopic (exact) mass is 251 g/mol. The zero-order valence-electron chi connectivity index (χ0n) is 11.2. The van der Waals surface area contributed by atoms with Crippen LogP contribution in [0.4, 0.5) is 4.39 Å². The molecule has 0 heterocycles. The second kappa shape index (κ2) is 5.70. The highest BCUT2D eigenvalue weighted by molar-refractivity contribution is 5.31. The van der Waals surface area contributed by atoms with E-state index in [9.17, 15) is 4.39 Å². The fourth-order valence-electron chi connectivity index (χ4n) is 2.80. The number of ether oxygens (including phenoxy) is 1. The standard InChI is InChI=1S/C15H22FNO/c1-10-3-5-11(6-4-10)15(17)13-8-7-12(18-2)9-14(13)16/h7-11,15H,3-6,17H2,1-2H3. The minimum absolute atomic E-state index is 0.191. The van der Waals surface area contributed by atoms with Crippen LogP contribution in [0.15, 0.2) is 18.2 Å². The van der Waals surface area contributed by atoms with E-state index in [1.807, 2.05) is 0 Å². The lowest BCUT2D eigenvalue weighted by atomic mass is 9.77. The largest absolute Gasteiger partial charge is 0.497 e. The van der Waals surface area contributed by atoms with Gasteiger partial charge in [-0.3, -0.25) is 0 Å². The molecule has 0 bridgehead atoms. The summed E-state index contributed by atoms with van der Waals surface area (Å²) in [6, 6.07) is 4.77. The number of benzene rings is 1. The smallest absolute Gasteiger partial charge is 0.131 e. The quantitative estimate of drug-likeness (QED) is 0.889. The zero-order chi connectivity index (χ0) is 13.1. The molecule has 100 valence electrons. The molecule has 1 unspecified atom stereocenters. The van der Waals surface area contributed by atoms with Gasteiger partial charge < -0.3 is 10.5 Å². The molecule has 1 atom stereocenters. The maximum atomic E-state index is 14.0. The highest BCUT2D eigenvalue weighted by Crippen LogP contribution is 2.36. The van der Waals surface area contributed by atoms with Crippen LogP contribution in [-0.4, -0.2) is 7.11 Å². The second-order valence-corrected chi connectivity index (χ2v) is 5.43. The Labute approximate surface area is 108 Å². The number of hydrogen-bond acceptors (Lipinski definition) is 2. The molecule has 3 heteroatoms. The normalized spacial score (nSPS) is 25.8. The van der Waals surface area contributed by atoms with Gasteiger partial charge in [0.2, 0.25) is 0 Å². The van der Waals surface area contributed by atoms with Crippen LogP contribution in [0.2, 0.25) is 0 Å². The molecule has 0 saturated heterocycles. The van der Waals surface area contributed by atoms with Crippen LogP contribution in [0.1, 0.15) is 44.2 Å². The Morgan fingerprint density at radius 1 is 1.28 bits per heavy atom. The molecule has 0 amide bonds. The lowest BCUT2D eigenvalue weighted by molar-refractivity contribution is 0.253. The molecule has 0 aromatic heterocycles. The number of halogens is 1. The molecule has 1 aromatic carbocycles. The fraction of sp³-hybridized carbons (Fsp3) is 0.600. The maximum absolute atomic E-state index is 14.0. The molecular formula is C15H22FNO. The van der Waals surface area contributed by atoms with Gasteiger partial charge in [0.25, 0.3) is 0 Å². The van der Waals surface area contributed by atoms with Gasteiger partial charge in [-0.15, -0.1) is 0 Å². The molecule has 0 spiro atoms. The molecule has 1 saturated carbocycles. The summed E-state index contributed by atoms with van der Waals surface area (Å²) in [7, 11) is 1.54. The van der Waals surface area contributed by atoms with Crippen LogP contribution in [0.3, 0.4) is 0 Å². The Balaban J connectivity index is 2.11. The Hall–Kier alpha value is -1.09. The van der Waals surface area contributed by atoms with E-state index < -0.39 is 0 Å². The van der Waals surface area contributed by atoms with E-state index >= 15 is 0 Å². The summed E-state index contributed by atoms with van der Waals surface area (Å²) in [5.41, 5.74) is 6.85. The van der Waals surface area contributed by atoms with Crippen LogP contribution < -0.4 is 10.5 Å². The van der Waals surface area contributed by atoms with Crippen molar-refractivity contribution in [2.75, 3.05) is 7.11 Å². The zero-order valence-corrected chi connectivity index (χ0v) is 11.2. The lowest BCUT2D eigenvalue weighted by Gasteiger charge is -2.31. The third kappa shape index (κ3) is 2.83. The predicted molar refractivity (Wildman–Crippen MR) is 71.0 cm³/mol. The van der Waals surface area contributed by atoms with E-state index in [4.69, 9.17) is 10.5 Å². The van der Waals surface area contributed by atoms with E-state index in [0.29, 0.717) is 17.2 Å². The molecule has 1 aliphatic carbocycles. The fourth-order valence-corrected chi connectivity index (χ4v) is 2.80. The van der Waals surface area contributed by atoms with Crippen LogP contribution >= 0.6 is 0 Å². The van der Waals surface area contributed by atoms with Crippen molar-refractivity contribution in [2.45, 2.75) is 38.6 Å². The summed E-state index contributed by atoms with van der Waals surface area (Å²) in [5.74, 6) is 1.49. The molecule has 1 aromatic rings. The third-order valence-electron chi connectivity index (χ3n) is 4.14. The Morgan fingerprint density at radius 2 is 1.94 bits per heavy atom. The summed E-state index contributed by atoms with van der Waals surface area (Å²) in [4.78, 5) is 0. The van der Waals surface area contributed by atoms with Gasteiger partial charge in [0, 0.05) is 17.7 Å². The first-order valence-electron chi connectivity index (χ1n) is 6.71. The average Bonchev–Trinajstić information content (AvgIpc) is 2.38. The maximum Gasteiger partial charge on any atom is 0.131 e. The molecule has 1 aliphatic rings. The number of rotatable bonds is 3. The molecule has 2 nitrogen and oxygen atoms in total. The second-order valence-electron chi connectivity index (χ2n) is 5.43. The summed E-state index contributed by atoms with van der Waals surface area (Å²) < 4.78 is 19.0. The van der Waals surface area contributed by atoms with E-state index in [1.165, 1.54) is 26.0 Å². The molecule has 18 heavy (non-hydrogen) atoms. The van der Waals surface area contributed by atoms with Gasteiger partial charge in [-0.1, -0.05) is 25.8 Å². The summed E-state index contributed by atoms with van der Waals surface area (Å²) in [6.07, 6.45) is 4.62. The molecule has 0 radical (unpaired) electrons. The van der Waals surface area contributed by atoms with Crippen LogP contribution in [-0.2, 0) is 0 Å². The van der Waals surface area contributed by atoms with Gasteiger partial charge in [-0.2, -0.15) is 0 Å². The van der Waals surface area contributed by atoms with Crippen molar-refractivity contribution in [3.8, 4) is 5.75 Å². The lowest BCUT2D eigenvalue weighted by Crippen LogP contribution is -2.26. The Morgan fingerprint density at radius 3 is 2.50 bits per heavy atom. The van der Waals surface area contributed by atoms with Crippen molar-refractivity contribution in [3.63, 3.8) is 0 Å². The van der Waals surface area contributed by atoms with Crippen molar-refractivity contribution in [1.29, 1.82) is 0 Å². The van der Waals surface area contributed by atoms with Gasteiger partial charge in [0.05, 0.1) is 7.11 Å². The highest BCUT2D eigenvalue weighted by atomic mass is 19.1. The number of hydrogen-bond donors (Lipinski definition) is 1. The first kappa shape index (κ1) is 13.3. The van der Waals surface area contributed by atoms with Gasteiger partial charge in [0.15, 0.2) is 0 Å². The number of methoxy groups -OCH3 is 1. The van der Waals surface area contributed by atoms with Crippen LogP contribution in [0.25, 0.3) is 0 Å². The van der Waals surface area contributed by atoms with Crippen LogP contribution in [0.5, 0.6) is 5.75 Å². The van der Waals surface area contributed by atoms with Crippen molar-refractivity contribution in [1.82, 2.24) is 0 Å². The Bertz CT molecular complexity index is 399. The minimum Gasteiger partial charge on any atom is -0.497 e. The molecule has 1 fully saturated rings. The summed E-state index contributed by atoms with van der Waals surface area (Å²) in [6.45, 7) is 2.27. The predicted octanol–water partition coefficient (Wildman–Crippen LogP) is 3.66. The summed E-state index contributed by atoms with van der Waals surface area (Å²) in [5, 5.41) is 0. The van der Waals surface area contributed by atoms with Crippen molar-refractivity contribution >= 4 is 0 Å². The van der Waals surface area contributed by atoms with Crippen molar-refractivity contribution in [2.24, 2.45) is 17.6 Å². The first-order valence-corrected chi connectivity index (χ1v) is 6.71. The molecule has 0 aliphatic heterocycles. The van der Waals surface area contributed by atoms with Gasteiger partial charge in [-0.25, -0.2) is 4.39 Å². The Kier molecular flexibility index (Phi) is 4.23. The first-order chi connectivity index (χ1) is 8.61. The van der Waals surface area contributed by atoms with E-state index in [0.717, 1.165) is 18.8 Å². The number of nitrogens with two attached hydrogens (primary N) is 1.